The standard InChI is InChI=1S/C22H25F3N6O2.C2H6/c1-4-18-17(11-26-13(2)32)21(29-28-18)31-7-5-6-14-8-16(15-10-27-30(3)12-15)20(9-19(14)31)33-22(23,24)25;1-2/h8-10,12H,4-7,11H2,1-3H3,(H,26,32)(H,28,29);1-2H3. The fourth-order valence-corrected chi connectivity index (χ4v) is 4.13. The number of fused-ring (bicyclic) bond motifs is 1. The molecule has 0 fully saturated rings. The van der Waals surface area contributed by atoms with Crippen molar-refractivity contribution >= 4 is 17.4 Å². The zero-order valence-electron chi connectivity index (χ0n) is 20.6. The predicted molar refractivity (Wildman–Crippen MR) is 127 cm³/mol. The molecule has 0 atom stereocenters. The van der Waals surface area contributed by atoms with Gasteiger partial charge >= 0.3 is 6.36 Å². The van der Waals surface area contributed by atoms with Gasteiger partial charge < -0.3 is 15.0 Å². The van der Waals surface area contributed by atoms with Crippen molar-refractivity contribution in [3.8, 4) is 16.9 Å². The second kappa shape index (κ2) is 10.8. The average molecular weight is 493 g/mol. The first-order chi connectivity index (χ1) is 16.7. The lowest BCUT2D eigenvalue weighted by Gasteiger charge is -2.31. The minimum Gasteiger partial charge on any atom is -0.405 e. The molecular weight excluding hydrogens is 461 g/mol. The topological polar surface area (TPSA) is 88.1 Å². The van der Waals surface area contributed by atoms with Gasteiger partial charge in [-0.3, -0.25) is 14.6 Å². The van der Waals surface area contributed by atoms with Crippen LogP contribution in [0.25, 0.3) is 11.1 Å². The number of benzene rings is 1. The van der Waals surface area contributed by atoms with E-state index < -0.39 is 6.36 Å². The number of amides is 1. The zero-order chi connectivity index (χ0) is 25.8. The van der Waals surface area contributed by atoms with E-state index in [2.05, 4.69) is 25.3 Å². The molecule has 4 rings (SSSR count). The summed E-state index contributed by atoms with van der Waals surface area (Å²) in [4.78, 5) is 13.4. The van der Waals surface area contributed by atoms with Crippen molar-refractivity contribution in [2.45, 2.75) is 59.9 Å². The lowest BCUT2D eigenvalue weighted by atomic mass is 9.96. The first-order valence-corrected chi connectivity index (χ1v) is 11.7. The third-order valence-electron chi connectivity index (χ3n) is 5.60. The van der Waals surface area contributed by atoms with Gasteiger partial charge in [0.15, 0.2) is 5.82 Å². The molecule has 0 radical (unpaired) electrons. The van der Waals surface area contributed by atoms with Crippen LogP contribution in [-0.2, 0) is 31.2 Å². The van der Waals surface area contributed by atoms with Crippen LogP contribution in [0, 0.1) is 0 Å². The molecule has 1 amide bonds. The van der Waals surface area contributed by atoms with Crippen LogP contribution in [0.3, 0.4) is 0 Å². The van der Waals surface area contributed by atoms with Crippen molar-refractivity contribution in [1.29, 1.82) is 0 Å². The Morgan fingerprint density at radius 1 is 1.29 bits per heavy atom. The fraction of sp³-hybridized carbons (Fsp3) is 0.458. The molecule has 35 heavy (non-hydrogen) atoms. The molecule has 2 aromatic heterocycles. The number of aromatic nitrogens is 4. The molecule has 8 nitrogen and oxygen atoms in total. The highest BCUT2D eigenvalue weighted by atomic mass is 19.4. The van der Waals surface area contributed by atoms with Crippen molar-refractivity contribution in [3.05, 3.63) is 41.3 Å². The Bertz CT molecular complexity index is 1170. The molecule has 0 aliphatic carbocycles. The van der Waals surface area contributed by atoms with E-state index in [0.29, 0.717) is 42.0 Å². The Kier molecular flexibility index (Phi) is 8.08. The zero-order valence-corrected chi connectivity index (χ0v) is 20.6. The summed E-state index contributed by atoms with van der Waals surface area (Å²) in [7, 11) is 1.70. The summed E-state index contributed by atoms with van der Waals surface area (Å²) in [6.45, 7) is 8.25. The number of carbonyl (C=O) groups excluding carboxylic acids is 1. The number of hydrogen-bond acceptors (Lipinski definition) is 5. The number of hydrogen-bond donors (Lipinski definition) is 2. The van der Waals surface area contributed by atoms with Gasteiger partial charge in [0.05, 0.1) is 6.20 Å². The van der Waals surface area contributed by atoms with Crippen molar-refractivity contribution in [2.24, 2.45) is 7.05 Å². The van der Waals surface area contributed by atoms with Crippen molar-refractivity contribution in [2.75, 3.05) is 11.4 Å². The maximum atomic E-state index is 13.3. The van der Waals surface area contributed by atoms with Crippen LogP contribution in [0.4, 0.5) is 24.7 Å². The van der Waals surface area contributed by atoms with Crippen LogP contribution < -0.4 is 15.0 Å². The molecule has 0 spiro atoms. The molecule has 0 unspecified atom stereocenters. The van der Waals surface area contributed by atoms with Crippen LogP contribution >= 0.6 is 0 Å². The van der Waals surface area contributed by atoms with E-state index in [4.69, 9.17) is 0 Å². The van der Waals surface area contributed by atoms with Crippen LogP contribution in [0.5, 0.6) is 5.75 Å². The minimum atomic E-state index is -4.84. The van der Waals surface area contributed by atoms with Gasteiger partial charge in [-0.25, -0.2) is 0 Å². The number of nitrogens with one attached hydrogen (secondary N) is 2. The Labute approximate surface area is 202 Å². The lowest BCUT2D eigenvalue weighted by Crippen LogP contribution is -2.28. The minimum absolute atomic E-state index is 0.176. The largest absolute Gasteiger partial charge is 0.573 e. The number of anilines is 2. The van der Waals surface area contributed by atoms with E-state index >= 15 is 0 Å². The average Bonchev–Trinajstić information content (AvgIpc) is 3.43. The second-order valence-corrected chi connectivity index (χ2v) is 7.95. The lowest BCUT2D eigenvalue weighted by molar-refractivity contribution is -0.274. The summed E-state index contributed by atoms with van der Waals surface area (Å²) in [5, 5.41) is 14.3. The van der Waals surface area contributed by atoms with E-state index in [1.165, 1.54) is 23.9 Å². The summed E-state index contributed by atoms with van der Waals surface area (Å²) in [6, 6.07) is 3.16. The predicted octanol–water partition coefficient (Wildman–Crippen LogP) is 5.02. The summed E-state index contributed by atoms with van der Waals surface area (Å²) < 4.78 is 45.8. The molecule has 0 bridgehead atoms. The van der Waals surface area contributed by atoms with E-state index in [9.17, 15) is 18.0 Å². The van der Waals surface area contributed by atoms with Gasteiger partial charge in [-0.2, -0.15) is 10.2 Å². The summed E-state index contributed by atoms with van der Waals surface area (Å²) >= 11 is 0. The number of halogens is 3. The third kappa shape index (κ3) is 5.95. The van der Waals surface area contributed by atoms with Crippen LogP contribution in [0.15, 0.2) is 24.5 Å². The number of aromatic amines is 1. The Balaban J connectivity index is 0.00000167. The van der Waals surface area contributed by atoms with Gasteiger partial charge in [0.25, 0.3) is 0 Å². The van der Waals surface area contributed by atoms with E-state index in [-0.39, 0.29) is 18.2 Å². The molecule has 1 aromatic carbocycles. The van der Waals surface area contributed by atoms with Gasteiger partial charge in [0.2, 0.25) is 5.91 Å². The van der Waals surface area contributed by atoms with Crippen LogP contribution in [-0.4, -0.2) is 38.8 Å². The number of nitrogens with zero attached hydrogens (tertiary/aromatic N) is 4. The number of rotatable bonds is 6. The Morgan fingerprint density at radius 2 is 2.03 bits per heavy atom. The molecule has 11 heteroatoms. The van der Waals surface area contributed by atoms with Crippen LogP contribution in [0.1, 0.15) is 50.9 Å². The van der Waals surface area contributed by atoms with Gasteiger partial charge in [-0.1, -0.05) is 20.8 Å². The molecule has 3 heterocycles. The molecule has 0 saturated heterocycles. The quantitative estimate of drug-likeness (QED) is 0.505. The summed E-state index contributed by atoms with van der Waals surface area (Å²) in [6.07, 6.45) is 0.495. The highest BCUT2D eigenvalue weighted by Gasteiger charge is 2.34. The van der Waals surface area contributed by atoms with Gasteiger partial charge in [-0.05, 0) is 30.9 Å². The third-order valence-corrected chi connectivity index (χ3v) is 5.60. The Morgan fingerprint density at radius 3 is 2.63 bits per heavy atom. The molecule has 190 valence electrons. The number of carbonyl (C=O) groups is 1. The number of ether oxygens (including phenoxy) is 1. The van der Waals surface area contributed by atoms with E-state index in [1.54, 1.807) is 19.3 Å². The molecule has 1 aliphatic rings. The maximum Gasteiger partial charge on any atom is 0.573 e. The molecule has 1 aliphatic heterocycles. The molecule has 3 aromatic rings. The van der Waals surface area contributed by atoms with E-state index in [1.807, 2.05) is 25.7 Å². The number of alkyl halides is 3. The van der Waals surface area contributed by atoms with Crippen molar-refractivity contribution < 1.29 is 22.7 Å². The fourth-order valence-electron chi connectivity index (χ4n) is 4.13. The van der Waals surface area contributed by atoms with E-state index in [0.717, 1.165) is 23.2 Å². The highest BCUT2D eigenvalue weighted by molar-refractivity contribution is 5.79. The van der Waals surface area contributed by atoms with Crippen molar-refractivity contribution in [3.63, 3.8) is 0 Å². The maximum absolute atomic E-state index is 13.3. The summed E-state index contributed by atoms with van der Waals surface area (Å²) in [5.74, 6) is 0.120. The van der Waals surface area contributed by atoms with Crippen LogP contribution in [0.2, 0.25) is 0 Å². The SMILES string of the molecule is CC.CCc1[nH]nc(N2CCCc3cc(-c4cnn(C)c4)c(OC(F)(F)F)cc32)c1CNC(C)=O. The smallest absolute Gasteiger partial charge is 0.405 e. The first kappa shape index (κ1) is 26.1. The normalized spacial score (nSPS) is 13.1. The number of aryl methyl sites for hydroxylation is 3. The second-order valence-electron chi connectivity index (χ2n) is 7.95. The molecule has 0 saturated carbocycles. The molecule has 2 N–H and O–H groups in total. The highest BCUT2D eigenvalue weighted by Crippen LogP contribution is 2.43. The van der Waals surface area contributed by atoms with Crippen molar-refractivity contribution in [1.82, 2.24) is 25.3 Å². The summed E-state index contributed by atoms with van der Waals surface area (Å²) in [5.41, 5.74) is 4.04. The number of H-pyrrole nitrogens is 1. The monoisotopic (exact) mass is 492 g/mol. The Hall–Kier alpha value is -3.50. The molecular formula is C24H31F3N6O2. The first-order valence-electron chi connectivity index (χ1n) is 11.7. The van der Waals surface area contributed by atoms with Gasteiger partial charge in [0, 0.05) is 67.4 Å². The van der Waals surface area contributed by atoms with Gasteiger partial charge in [0.1, 0.15) is 5.75 Å². The van der Waals surface area contributed by atoms with Gasteiger partial charge in [-0.15, -0.1) is 13.2 Å².